The average Bonchev–Trinajstić information content (AvgIpc) is 2.94. The summed E-state index contributed by atoms with van der Waals surface area (Å²) in [6, 6.07) is 20.7. The van der Waals surface area contributed by atoms with Crippen molar-refractivity contribution in [1.82, 2.24) is 15.6 Å². The number of carboxylic acid groups (broad SMARTS) is 1. The maximum atomic E-state index is 12.2. The number of carboxylic acids is 1. The van der Waals surface area contributed by atoms with Crippen LogP contribution in [0.3, 0.4) is 0 Å². The first-order valence-electron chi connectivity index (χ1n) is 12.2. The maximum absolute atomic E-state index is 12.2. The van der Waals surface area contributed by atoms with Crippen molar-refractivity contribution in [3.8, 4) is 11.5 Å². The minimum Gasteiger partial charge on any atom is -0.548 e. The topological polar surface area (TPSA) is 144 Å². The van der Waals surface area contributed by atoms with Gasteiger partial charge >= 0.3 is 29.6 Å². The van der Waals surface area contributed by atoms with Gasteiger partial charge in [-0.3, -0.25) is 9.78 Å². The predicted octanol–water partition coefficient (Wildman–Crippen LogP) is -0.609. The van der Waals surface area contributed by atoms with Crippen LogP contribution in [-0.4, -0.2) is 52.8 Å². The Morgan fingerprint density at radius 1 is 1.05 bits per heavy atom. The van der Waals surface area contributed by atoms with E-state index < -0.39 is 24.5 Å². The number of aliphatic hydroxyl groups excluding tert-OH is 2. The molecule has 0 bridgehead atoms. The number of nitrogens with one attached hydrogen (secondary N) is 2. The number of carbonyl (C=O) groups is 2. The number of hydrogen-bond donors (Lipinski definition) is 4. The van der Waals surface area contributed by atoms with E-state index >= 15 is 0 Å². The summed E-state index contributed by atoms with van der Waals surface area (Å²) in [5.41, 5.74) is 2.46. The summed E-state index contributed by atoms with van der Waals surface area (Å²) in [6.07, 6.45) is 1.35. The zero-order valence-electron chi connectivity index (χ0n) is 21.8. The number of aliphatic hydroxyl groups is 2. The van der Waals surface area contributed by atoms with Crippen LogP contribution in [0.4, 0.5) is 0 Å². The van der Waals surface area contributed by atoms with Gasteiger partial charge in [0.2, 0.25) is 0 Å². The van der Waals surface area contributed by atoms with Crippen LogP contribution < -0.4 is 50.0 Å². The van der Waals surface area contributed by atoms with E-state index in [0.717, 1.165) is 5.56 Å². The van der Waals surface area contributed by atoms with Crippen LogP contribution in [0, 0.1) is 0 Å². The monoisotopic (exact) mass is 571 g/mol. The van der Waals surface area contributed by atoms with Crippen molar-refractivity contribution in [2.45, 2.75) is 18.6 Å². The van der Waals surface area contributed by atoms with Crippen molar-refractivity contribution in [3.63, 3.8) is 0 Å². The van der Waals surface area contributed by atoms with Crippen molar-refractivity contribution in [1.29, 1.82) is 0 Å². The smallest absolute Gasteiger partial charge is 0.548 e. The van der Waals surface area contributed by atoms with E-state index in [0.29, 0.717) is 39.4 Å². The van der Waals surface area contributed by atoms with Crippen molar-refractivity contribution in [3.05, 3.63) is 101 Å². The first-order valence-corrected chi connectivity index (χ1v) is 12.6. The summed E-state index contributed by atoms with van der Waals surface area (Å²) in [5, 5.41) is 37.5. The minimum absolute atomic E-state index is 0. The Hall–Kier alpha value is -3.02. The molecular weight excluding hydrogens is 545 g/mol. The Morgan fingerprint density at radius 3 is 2.52 bits per heavy atom. The molecule has 202 valence electrons. The number of fused-ring (bicyclic) bond motifs is 1. The van der Waals surface area contributed by atoms with E-state index in [-0.39, 0.29) is 54.3 Å². The number of pyridine rings is 1. The number of halogens is 1. The van der Waals surface area contributed by atoms with E-state index in [1.807, 2.05) is 24.3 Å². The molecule has 9 nitrogen and oxygen atoms in total. The summed E-state index contributed by atoms with van der Waals surface area (Å²) in [4.78, 5) is 27.0. The molecule has 4 aromatic rings. The second kappa shape index (κ2) is 15.1. The molecule has 3 aromatic carbocycles. The summed E-state index contributed by atoms with van der Waals surface area (Å²) in [5.74, 6) is -0.787. The number of rotatable bonds is 12. The Labute approximate surface area is 258 Å². The number of carbonyl (C=O) groups excluding carboxylic acids is 2. The number of aromatic nitrogens is 1. The van der Waals surface area contributed by atoms with Crippen LogP contribution >= 0.6 is 11.6 Å². The Bertz CT molecular complexity index is 1450. The normalized spacial score (nSPS) is 12.3. The number of ether oxygens (including phenoxy) is 1. The number of nitrogens with zero attached hydrogens (tertiary/aromatic N) is 1. The van der Waals surface area contributed by atoms with Gasteiger partial charge in [0, 0.05) is 34.8 Å². The predicted molar refractivity (Wildman–Crippen MR) is 145 cm³/mol. The van der Waals surface area contributed by atoms with Gasteiger partial charge in [0.1, 0.15) is 11.5 Å². The number of aliphatic carboxylic acids is 1. The van der Waals surface area contributed by atoms with E-state index in [9.17, 15) is 24.9 Å². The van der Waals surface area contributed by atoms with Crippen LogP contribution in [0.5, 0.6) is 11.5 Å². The molecule has 40 heavy (non-hydrogen) atoms. The summed E-state index contributed by atoms with van der Waals surface area (Å²) >= 11 is 6.00. The molecule has 0 unspecified atom stereocenters. The number of hydrogen-bond acceptors (Lipinski definition) is 8. The molecule has 0 aliphatic heterocycles. The minimum atomic E-state index is -1.38. The molecule has 1 heterocycles. The first-order chi connectivity index (χ1) is 18.8. The van der Waals surface area contributed by atoms with Crippen molar-refractivity contribution < 1.29 is 59.2 Å². The SMILES string of the molecule is O=C([O-])CNC(=O)c1ccc2c(Oc3ccc(C[C@@H](CO)NC[C@H](O)c4cccc(Cl)c4)cc3)ccnc2c1.[Na+]. The third-order valence-electron chi connectivity index (χ3n) is 6.05. The molecule has 0 saturated carbocycles. The van der Waals surface area contributed by atoms with E-state index in [1.54, 1.807) is 54.7 Å². The molecule has 0 saturated heterocycles. The summed E-state index contributed by atoms with van der Waals surface area (Å²) in [7, 11) is 0. The molecule has 0 aliphatic carbocycles. The fraction of sp³-hybridized carbons (Fsp3) is 0.207. The fourth-order valence-corrected chi connectivity index (χ4v) is 4.22. The van der Waals surface area contributed by atoms with Gasteiger partial charge < -0.3 is 35.5 Å². The first kappa shape index (κ1) is 31.5. The third-order valence-corrected chi connectivity index (χ3v) is 6.28. The Morgan fingerprint density at radius 2 is 1.82 bits per heavy atom. The van der Waals surface area contributed by atoms with Crippen molar-refractivity contribution in [2.24, 2.45) is 0 Å². The molecule has 2 atom stereocenters. The number of benzene rings is 3. The third kappa shape index (κ3) is 8.74. The molecule has 0 aliphatic rings. The quantitative estimate of drug-likeness (QED) is 0.165. The molecule has 4 N–H and O–H groups in total. The standard InChI is InChI=1S/C29H28ClN3O6.Na/c30-21-3-1-2-19(13-21)26(35)15-32-22(17-34)12-18-4-7-23(8-5-18)39-27-10-11-31-25-14-20(6-9-24(25)27)29(38)33-16-28(36)37;/h1-11,13-14,22,26,32,34-35H,12,15-17H2,(H,33,38)(H,36,37);/q;+1/p-1/t22-,26-;/m0./s1. The van der Waals surface area contributed by atoms with Gasteiger partial charge in [-0.2, -0.15) is 0 Å². The molecule has 1 aromatic heterocycles. The average molecular weight is 572 g/mol. The Kier molecular flexibility index (Phi) is 11.9. The second-order valence-corrected chi connectivity index (χ2v) is 9.34. The number of amides is 1. The van der Waals surface area contributed by atoms with Gasteiger partial charge in [0.05, 0.1) is 30.7 Å². The molecule has 0 spiro atoms. The molecule has 4 rings (SSSR count). The molecule has 0 radical (unpaired) electrons. The van der Waals surface area contributed by atoms with Gasteiger partial charge in [0.25, 0.3) is 5.91 Å². The van der Waals surface area contributed by atoms with Gasteiger partial charge in [-0.25, -0.2) is 0 Å². The zero-order valence-corrected chi connectivity index (χ0v) is 24.6. The molecule has 0 fully saturated rings. The van der Waals surface area contributed by atoms with Crippen molar-refractivity contribution >= 4 is 34.4 Å². The van der Waals surface area contributed by atoms with Crippen LogP contribution in [0.2, 0.25) is 5.02 Å². The van der Waals surface area contributed by atoms with Crippen LogP contribution in [0.25, 0.3) is 10.9 Å². The Balaban J connectivity index is 0.00000441. The molecular formula is C29H27ClN3NaO6. The second-order valence-electron chi connectivity index (χ2n) is 8.90. The molecule has 1 amide bonds. The van der Waals surface area contributed by atoms with Crippen molar-refractivity contribution in [2.75, 3.05) is 19.7 Å². The van der Waals surface area contributed by atoms with E-state index in [4.69, 9.17) is 16.3 Å². The van der Waals surface area contributed by atoms with Crippen LogP contribution in [0.1, 0.15) is 27.6 Å². The molecule has 11 heteroatoms. The van der Waals surface area contributed by atoms with Crippen LogP contribution in [0.15, 0.2) is 79.0 Å². The maximum Gasteiger partial charge on any atom is 1.00 e. The largest absolute Gasteiger partial charge is 1.00 e. The van der Waals surface area contributed by atoms with Gasteiger partial charge in [-0.1, -0.05) is 35.9 Å². The summed E-state index contributed by atoms with van der Waals surface area (Å²) in [6.45, 7) is -0.414. The van der Waals surface area contributed by atoms with Gasteiger partial charge in [-0.05, 0) is 66.1 Å². The van der Waals surface area contributed by atoms with Crippen LogP contribution in [-0.2, 0) is 11.2 Å². The van der Waals surface area contributed by atoms with E-state index in [2.05, 4.69) is 15.6 Å². The summed E-state index contributed by atoms with van der Waals surface area (Å²) < 4.78 is 6.06. The van der Waals surface area contributed by atoms with Gasteiger partial charge in [-0.15, -0.1) is 0 Å². The van der Waals surface area contributed by atoms with Gasteiger partial charge in [0.15, 0.2) is 0 Å². The zero-order chi connectivity index (χ0) is 27.8. The fourth-order valence-electron chi connectivity index (χ4n) is 4.02. The van der Waals surface area contributed by atoms with E-state index in [1.165, 1.54) is 0 Å².